The van der Waals surface area contributed by atoms with E-state index in [0.717, 1.165) is 33.2 Å². The lowest BCUT2D eigenvalue weighted by Gasteiger charge is -2.20. The molecule has 0 unspecified atom stereocenters. The highest BCUT2D eigenvalue weighted by molar-refractivity contribution is 5.97. The highest BCUT2D eigenvalue weighted by atomic mass is 16.4. The maximum atomic E-state index is 12.8. The van der Waals surface area contributed by atoms with Crippen LogP contribution in [0.5, 0.6) is 0 Å². The van der Waals surface area contributed by atoms with Gasteiger partial charge in [-0.25, -0.2) is 4.79 Å². The average molecular weight is 471 g/mol. The number of hydrogen-bond acceptors (Lipinski definition) is 6. The van der Waals surface area contributed by atoms with Gasteiger partial charge in [-0.3, -0.25) is 4.79 Å². The van der Waals surface area contributed by atoms with Crippen LogP contribution >= 0.6 is 0 Å². The molecule has 0 saturated carbocycles. The van der Waals surface area contributed by atoms with Crippen molar-refractivity contribution in [2.24, 2.45) is 0 Å². The van der Waals surface area contributed by atoms with Crippen molar-refractivity contribution in [3.63, 3.8) is 0 Å². The van der Waals surface area contributed by atoms with E-state index >= 15 is 0 Å². The van der Waals surface area contributed by atoms with Gasteiger partial charge in [-0.2, -0.15) is 0 Å². The van der Waals surface area contributed by atoms with Crippen LogP contribution in [0.3, 0.4) is 0 Å². The highest BCUT2D eigenvalue weighted by Gasteiger charge is 2.21. The molecule has 8 nitrogen and oxygen atoms in total. The normalized spacial score (nSPS) is 12.4. The fourth-order valence-corrected chi connectivity index (χ4v) is 4.55. The van der Waals surface area contributed by atoms with Gasteiger partial charge < -0.3 is 29.0 Å². The molecule has 5 aromatic rings. The van der Waals surface area contributed by atoms with Gasteiger partial charge in [0, 0.05) is 40.4 Å². The Morgan fingerprint density at radius 2 is 1.71 bits per heavy atom. The Hall–Kier alpha value is -4.33. The van der Waals surface area contributed by atoms with Gasteiger partial charge in [-0.15, -0.1) is 0 Å². The maximum absolute atomic E-state index is 12.8. The summed E-state index contributed by atoms with van der Waals surface area (Å²) in [5, 5.41) is 16.8. The molecule has 5 rings (SSSR count). The molecule has 0 fully saturated rings. The summed E-state index contributed by atoms with van der Waals surface area (Å²) in [7, 11) is 0. The lowest BCUT2D eigenvalue weighted by atomic mass is 10.0. The third-order valence-electron chi connectivity index (χ3n) is 6.64. The summed E-state index contributed by atoms with van der Waals surface area (Å²) in [5.74, 6) is -1.23. The monoisotopic (exact) mass is 471 g/mol. The SMILES string of the molecule is Cc1oc2cc3oc(=O)c(CC(=O)N[C@H](Cc4c[nH]c5ccccc45)C(=O)[O-])c(C)c3cc2c1C. The minimum Gasteiger partial charge on any atom is -0.548 e. The number of fused-ring (bicyclic) bond motifs is 3. The number of carbonyl (C=O) groups is 2. The number of amides is 1. The number of furan rings is 1. The fraction of sp³-hybridized carbons (Fsp3) is 0.222. The maximum Gasteiger partial charge on any atom is 0.340 e. The smallest absolute Gasteiger partial charge is 0.340 e. The van der Waals surface area contributed by atoms with Crippen LogP contribution in [0.4, 0.5) is 0 Å². The summed E-state index contributed by atoms with van der Waals surface area (Å²) >= 11 is 0. The molecule has 3 heterocycles. The van der Waals surface area contributed by atoms with Crippen LogP contribution < -0.4 is 16.0 Å². The molecule has 1 atom stereocenters. The molecule has 2 aromatic carbocycles. The molecule has 0 spiro atoms. The predicted octanol–water partition coefficient (Wildman–Crippen LogP) is 2.97. The largest absolute Gasteiger partial charge is 0.548 e. The summed E-state index contributed by atoms with van der Waals surface area (Å²) < 4.78 is 11.2. The third-order valence-corrected chi connectivity index (χ3v) is 6.64. The van der Waals surface area contributed by atoms with E-state index in [-0.39, 0.29) is 18.4 Å². The fourth-order valence-electron chi connectivity index (χ4n) is 4.55. The number of aromatic amines is 1. The Morgan fingerprint density at radius 1 is 1.00 bits per heavy atom. The van der Waals surface area contributed by atoms with Gasteiger partial charge in [0.25, 0.3) is 0 Å². The van der Waals surface area contributed by atoms with Crippen LogP contribution in [0, 0.1) is 20.8 Å². The van der Waals surface area contributed by atoms with E-state index in [1.807, 2.05) is 44.2 Å². The van der Waals surface area contributed by atoms with Gasteiger partial charge in [-0.05, 0) is 49.6 Å². The van der Waals surface area contributed by atoms with E-state index in [1.54, 1.807) is 19.2 Å². The zero-order valence-electron chi connectivity index (χ0n) is 19.5. The Kier molecular flexibility index (Phi) is 5.43. The Bertz CT molecular complexity index is 1690. The molecule has 0 bridgehead atoms. The number of aromatic nitrogens is 1. The number of aliphatic carboxylic acids is 1. The van der Waals surface area contributed by atoms with Crippen LogP contribution in [0.15, 0.2) is 56.2 Å². The number of H-pyrrole nitrogens is 1. The van der Waals surface area contributed by atoms with Crippen molar-refractivity contribution in [1.29, 1.82) is 0 Å². The van der Waals surface area contributed by atoms with Crippen molar-refractivity contribution in [2.75, 3.05) is 0 Å². The average Bonchev–Trinajstić information content (AvgIpc) is 3.35. The molecular weight excluding hydrogens is 448 g/mol. The molecular formula is C27H23N2O6-. The van der Waals surface area contributed by atoms with Gasteiger partial charge in [0.1, 0.15) is 16.9 Å². The second kappa shape index (κ2) is 8.47. The first-order valence-corrected chi connectivity index (χ1v) is 11.2. The number of rotatable bonds is 6. The predicted molar refractivity (Wildman–Crippen MR) is 129 cm³/mol. The van der Waals surface area contributed by atoms with E-state index in [2.05, 4.69) is 10.3 Å². The number of carboxylic acid groups (broad SMARTS) is 1. The number of carbonyl (C=O) groups excluding carboxylic acids is 2. The van der Waals surface area contributed by atoms with Crippen molar-refractivity contribution in [2.45, 2.75) is 39.7 Å². The number of nitrogens with one attached hydrogen (secondary N) is 2. The Morgan fingerprint density at radius 3 is 2.49 bits per heavy atom. The first-order chi connectivity index (χ1) is 16.7. The van der Waals surface area contributed by atoms with Crippen molar-refractivity contribution < 1.29 is 23.5 Å². The van der Waals surface area contributed by atoms with E-state index in [0.29, 0.717) is 22.1 Å². The van der Waals surface area contributed by atoms with Crippen molar-refractivity contribution >= 4 is 44.7 Å². The molecule has 0 aliphatic rings. The number of hydrogen-bond donors (Lipinski definition) is 2. The lowest BCUT2D eigenvalue weighted by Crippen LogP contribution is -2.49. The molecule has 0 aliphatic heterocycles. The molecule has 0 saturated heterocycles. The van der Waals surface area contributed by atoms with Crippen molar-refractivity contribution in [3.8, 4) is 0 Å². The summed E-state index contributed by atoms with van der Waals surface area (Å²) in [5.41, 5.74) is 3.72. The standard InChI is InChI=1S/C27H24N2O6/c1-13-15(3)34-23-11-24-19(9-18(13)23)14(2)20(27(33)35-24)10-25(30)29-22(26(31)32)8-16-12-28-21-7-5-4-6-17(16)21/h4-7,9,11-12,22,28H,8,10H2,1-3H3,(H,29,30)(H,31,32)/p-1/t22-/m1/s1. The number of carboxylic acids is 1. The van der Waals surface area contributed by atoms with Gasteiger partial charge in [-0.1, -0.05) is 18.2 Å². The van der Waals surface area contributed by atoms with Crippen LogP contribution in [-0.2, 0) is 22.4 Å². The molecule has 35 heavy (non-hydrogen) atoms. The minimum atomic E-state index is -1.40. The summed E-state index contributed by atoms with van der Waals surface area (Å²) in [6, 6.07) is 9.79. The minimum absolute atomic E-state index is 0.0422. The first-order valence-electron chi connectivity index (χ1n) is 11.2. The molecule has 0 radical (unpaired) electrons. The quantitative estimate of drug-likeness (QED) is 0.367. The summed E-state index contributed by atoms with van der Waals surface area (Å²) in [6.45, 7) is 5.56. The topological polar surface area (TPSA) is 128 Å². The molecule has 178 valence electrons. The summed E-state index contributed by atoms with van der Waals surface area (Å²) in [4.78, 5) is 40.4. The van der Waals surface area contributed by atoms with Gasteiger partial charge in [0.2, 0.25) is 5.91 Å². The van der Waals surface area contributed by atoms with E-state index < -0.39 is 23.5 Å². The first kappa shape index (κ1) is 22.5. The van der Waals surface area contributed by atoms with Crippen LogP contribution in [-0.4, -0.2) is 22.9 Å². The zero-order valence-corrected chi connectivity index (χ0v) is 19.5. The molecule has 1 amide bonds. The molecule has 8 heteroatoms. The van der Waals surface area contributed by atoms with E-state index in [4.69, 9.17) is 8.83 Å². The van der Waals surface area contributed by atoms with E-state index in [9.17, 15) is 19.5 Å². The van der Waals surface area contributed by atoms with Gasteiger partial charge in [0.15, 0.2) is 0 Å². The van der Waals surface area contributed by atoms with E-state index in [1.165, 1.54) is 0 Å². The highest BCUT2D eigenvalue weighted by Crippen LogP contribution is 2.31. The lowest BCUT2D eigenvalue weighted by molar-refractivity contribution is -0.308. The van der Waals surface area contributed by atoms with Gasteiger partial charge >= 0.3 is 5.63 Å². The number of benzene rings is 2. The van der Waals surface area contributed by atoms with Crippen LogP contribution in [0.1, 0.15) is 28.0 Å². The Labute approximate surface area is 199 Å². The number of para-hydroxylation sites is 1. The van der Waals surface area contributed by atoms with Crippen LogP contribution in [0.2, 0.25) is 0 Å². The zero-order chi connectivity index (χ0) is 24.9. The second-order valence-electron chi connectivity index (χ2n) is 8.80. The Balaban J connectivity index is 1.42. The van der Waals surface area contributed by atoms with Crippen molar-refractivity contribution in [1.82, 2.24) is 10.3 Å². The third kappa shape index (κ3) is 3.97. The summed E-state index contributed by atoms with van der Waals surface area (Å²) in [6.07, 6.45) is 1.44. The molecule has 3 aromatic heterocycles. The second-order valence-corrected chi connectivity index (χ2v) is 8.80. The van der Waals surface area contributed by atoms with Crippen LogP contribution in [0.25, 0.3) is 32.8 Å². The molecule has 0 aliphatic carbocycles. The molecule has 2 N–H and O–H groups in total. The number of aryl methyl sites for hydroxylation is 3. The van der Waals surface area contributed by atoms with Gasteiger partial charge in [0.05, 0.1) is 24.0 Å². The van der Waals surface area contributed by atoms with Crippen molar-refractivity contribution in [3.05, 3.63) is 81.0 Å².